The third-order valence-corrected chi connectivity index (χ3v) is 10.1. The predicted molar refractivity (Wildman–Crippen MR) is 212 cm³/mol. The molecular formula is C44H47N5O2S. The number of hydrogen-bond donors (Lipinski definition) is 0. The Bertz CT molecular complexity index is 1850. The van der Waals surface area contributed by atoms with Crippen LogP contribution in [0.15, 0.2) is 77.4 Å². The van der Waals surface area contributed by atoms with Gasteiger partial charge in [0.25, 0.3) is 0 Å². The van der Waals surface area contributed by atoms with Crippen LogP contribution in [0.1, 0.15) is 103 Å². The van der Waals surface area contributed by atoms with Gasteiger partial charge in [0, 0.05) is 31.6 Å². The molecule has 0 spiro atoms. The Morgan fingerprint density at radius 3 is 1.63 bits per heavy atom. The average Bonchev–Trinajstić information content (AvgIpc) is 3.64. The summed E-state index contributed by atoms with van der Waals surface area (Å²) in [6.45, 7) is 5.46. The van der Waals surface area contributed by atoms with Gasteiger partial charge in [0.05, 0.1) is 23.0 Å². The number of hydrogen-bond acceptors (Lipinski definition) is 8. The van der Waals surface area contributed by atoms with Crippen molar-refractivity contribution in [3.05, 3.63) is 104 Å². The van der Waals surface area contributed by atoms with Gasteiger partial charge in [-0.15, -0.1) is 11.3 Å². The lowest BCUT2D eigenvalue weighted by molar-refractivity contribution is 0.260. The van der Waals surface area contributed by atoms with Gasteiger partial charge in [0.15, 0.2) is 11.5 Å². The normalized spacial score (nSPS) is 14.3. The van der Waals surface area contributed by atoms with E-state index in [0.29, 0.717) is 24.7 Å². The maximum absolute atomic E-state index is 9.77. The fourth-order valence-electron chi connectivity index (χ4n) is 6.24. The Morgan fingerprint density at radius 1 is 0.673 bits per heavy atom. The van der Waals surface area contributed by atoms with Crippen LogP contribution in [0.3, 0.4) is 0 Å². The van der Waals surface area contributed by atoms with Crippen molar-refractivity contribution in [2.45, 2.75) is 77.0 Å². The van der Waals surface area contributed by atoms with Crippen molar-refractivity contribution in [2.24, 2.45) is 0 Å². The van der Waals surface area contributed by atoms with Gasteiger partial charge in [-0.05, 0) is 71.5 Å². The van der Waals surface area contributed by atoms with Crippen molar-refractivity contribution < 1.29 is 9.47 Å². The quantitative estimate of drug-likeness (QED) is 0.0953. The molecule has 0 fully saturated rings. The van der Waals surface area contributed by atoms with E-state index in [2.05, 4.69) is 61.2 Å². The van der Waals surface area contributed by atoms with Crippen LogP contribution < -0.4 is 14.4 Å². The molecule has 0 amide bonds. The van der Waals surface area contributed by atoms with E-state index in [1.165, 1.54) is 0 Å². The zero-order valence-corrected chi connectivity index (χ0v) is 31.5. The summed E-state index contributed by atoms with van der Waals surface area (Å²) in [6, 6.07) is 24.2. The molecule has 1 aliphatic carbocycles. The number of unbranched alkanes of at least 4 members (excludes halogenated alkanes) is 6. The van der Waals surface area contributed by atoms with Gasteiger partial charge in [-0.1, -0.05) is 94.8 Å². The van der Waals surface area contributed by atoms with Crippen LogP contribution in [0, 0.1) is 45.3 Å². The molecule has 1 heterocycles. The van der Waals surface area contributed by atoms with Gasteiger partial charge in [0.1, 0.15) is 35.4 Å². The highest BCUT2D eigenvalue weighted by atomic mass is 32.1. The number of allylic oxidation sites excluding steroid dienone is 5. The smallest absolute Gasteiger partial charge is 0.179 e. The van der Waals surface area contributed by atoms with Crippen LogP contribution in [-0.2, 0) is 0 Å². The number of benzene rings is 2. The zero-order valence-electron chi connectivity index (χ0n) is 30.7. The van der Waals surface area contributed by atoms with Crippen LogP contribution in [0.5, 0.6) is 11.5 Å². The molecule has 8 heteroatoms. The van der Waals surface area contributed by atoms with Gasteiger partial charge >= 0.3 is 0 Å². The topological polar surface area (TPSA) is 117 Å². The molecule has 1 aliphatic rings. The van der Waals surface area contributed by atoms with E-state index in [1.54, 1.807) is 23.5 Å². The number of rotatable bonds is 18. The van der Waals surface area contributed by atoms with Crippen LogP contribution in [-0.4, -0.2) is 27.3 Å². The van der Waals surface area contributed by atoms with E-state index in [4.69, 9.17) is 9.47 Å². The summed E-state index contributed by atoms with van der Waals surface area (Å²) in [7, 11) is 4.04. The number of nitrogens with zero attached hydrogens (tertiary/aromatic N) is 5. The summed E-state index contributed by atoms with van der Waals surface area (Å²) >= 11 is 1.56. The molecule has 0 N–H and O–H groups in total. The van der Waals surface area contributed by atoms with Crippen LogP contribution in [0.25, 0.3) is 18.2 Å². The highest BCUT2D eigenvalue weighted by Gasteiger charge is 2.35. The van der Waals surface area contributed by atoms with Gasteiger partial charge in [-0.3, -0.25) is 0 Å². The van der Waals surface area contributed by atoms with Crippen molar-refractivity contribution in [3.8, 4) is 35.8 Å². The number of anilines is 1. The molecular weight excluding hydrogens is 663 g/mol. The highest BCUT2D eigenvalue weighted by Crippen LogP contribution is 2.52. The largest absolute Gasteiger partial charge is 0.488 e. The second kappa shape index (κ2) is 20.3. The maximum Gasteiger partial charge on any atom is 0.179 e. The molecule has 52 heavy (non-hydrogen) atoms. The zero-order chi connectivity index (χ0) is 37.3. The third-order valence-electron chi connectivity index (χ3n) is 9.03. The summed E-state index contributed by atoms with van der Waals surface area (Å²) in [5.41, 5.74) is 4.84. The summed E-state index contributed by atoms with van der Waals surface area (Å²) in [5.74, 6) is 0.495. The SMILES string of the molecule is CCCCCCOc1c(C=C2C(C=C(C#N)C#N)c3ccccc3C2C=C(C#N)C#N)sc(/C=C/c2ccc(N(C)C)cc2)c1OCCCCCC. The maximum atomic E-state index is 9.77. The van der Waals surface area contributed by atoms with E-state index < -0.39 is 11.8 Å². The number of thiophene rings is 1. The minimum Gasteiger partial charge on any atom is -0.488 e. The van der Waals surface area contributed by atoms with Crippen molar-refractivity contribution in [1.29, 1.82) is 21.0 Å². The van der Waals surface area contributed by atoms with Gasteiger partial charge in [-0.25, -0.2) is 0 Å². The second-order valence-electron chi connectivity index (χ2n) is 13.0. The Labute approximate surface area is 313 Å². The minimum absolute atomic E-state index is 0.00490. The minimum atomic E-state index is -0.433. The molecule has 2 unspecified atom stereocenters. The molecule has 2 aromatic carbocycles. The van der Waals surface area contributed by atoms with E-state index in [-0.39, 0.29) is 11.1 Å². The molecule has 0 aliphatic heterocycles. The Morgan fingerprint density at radius 2 is 1.17 bits per heavy atom. The lowest BCUT2D eigenvalue weighted by atomic mass is 9.90. The van der Waals surface area contributed by atoms with Crippen LogP contribution in [0.2, 0.25) is 0 Å². The first kappa shape index (κ1) is 39.2. The summed E-state index contributed by atoms with van der Waals surface area (Å²) < 4.78 is 13.2. The fraction of sp³-hybridized carbons (Fsp3) is 0.364. The van der Waals surface area contributed by atoms with Crippen LogP contribution in [0.4, 0.5) is 5.69 Å². The van der Waals surface area contributed by atoms with Crippen molar-refractivity contribution in [1.82, 2.24) is 0 Å². The van der Waals surface area contributed by atoms with Crippen molar-refractivity contribution >= 4 is 35.3 Å². The summed E-state index contributed by atoms with van der Waals surface area (Å²) in [4.78, 5) is 3.83. The van der Waals surface area contributed by atoms with E-state index in [0.717, 1.165) is 89.1 Å². The molecule has 0 radical (unpaired) electrons. The van der Waals surface area contributed by atoms with Gasteiger partial charge < -0.3 is 14.4 Å². The highest BCUT2D eigenvalue weighted by molar-refractivity contribution is 7.14. The molecule has 4 rings (SSSR count). The van der Waals surface area contributed by atoms with Gasteiger partial charge in [-0.2, -0.15) is 21.0 Å². The number of nitriles is 4. The van der Waals surface area contributed by atoms with Crippen molar-refractivity contribution in [3.63, 3.8) is 0 Å². The Hall–Kier alpha value is -5.54. The van der Waals surface area contributed by atoms with E-state index >= 15 is 0 Å². The molecule has 1 aromatic heterocycles. The third kappa shape index (κ3) is 10.3. The lowest BCUT2D eigenvalue weighted by Crippen LogP contribution is -2.07. The summed E-state index contributed by atoms with van der Waals surface area (Å²) in [5, 5.41) is 39.1. The first-order chi connectivity index (χ1) is 25.4. The number of fused-ring (bicyclic) bond motifs is 1. The molecule has 3 aromatic rings. The van der Waals surface area contributed by atoms with Crippen LogP contribution >= 0.6 is 11.3 Å². The standard InChI is InChI=1S/C44H47N5O2S/c1-5-7-9-13-23-50-43-41(22-19-32-17-20-35(21-18-32)49(3)4)52-42(44(43)51-24-14-10-8-6-2)27-40-38(25-33(28-45)29-46)36-15-11-12-16-37(36)39(40)26-34(30-47)31-48/h11-12,15-22,25-27,38-39H,5-10,13-14,23-24H2,1-4H3/b22-19+,40-27?. The van der Waals surface area contributed by atoms with E-state index in [1.807, 2.05) is 62.6 Å². The average molecular weight is 710 g/mol. The monoisotopic (exact) mass is 709 g/mol. The van der Waals surface area contributed by atoms with E-state index in [9.17, 15) is 21.0 Å². The molecule has 2 atom stereocenters. The Balaban J connectivity index is 1.93. The first-order valence-corrected chi connectivity index (χ1v) is 18.9. The first-order valence-electron chi connectivity index (χ1n) is 18.1. The molecule has 7 nitrogen and oxygen atoms in total. The van der Waals surface area contributed by atoms with Gasteiger partial charge in [0.2, 0.25) is 0 Å². The predicted octanol–water partition coefficient (Wildman–Crippen LogP) is 11.1. The summed E-state index contributed by atoms with van der Waals surface area (Å²) in [6.07, 6.45) is 18.1. The fourth-order valence-corrected chi connectivity index (χ4v) is 7.30. The molecule has 0 saturated heterocycles. The molecule has 0 saturated carbocycles. The second-order valence-corrected chi connectivity index (χ2v) is 14.0. The van der Waals surface area contributed by atoms with Crippen molar-refractivity contribution in [2.75, 3.05) is 32.2 Å². The lowest BCUT2D eigenvalue weighted by Gasteiger charge is -2.15. The Kier molecular flexibility index (Phi) is 15.4. The molecule has 0 bridgehead atoms. The molecule has 266 valence electrons. The number of ether oxygens (including phenoxy) is 2.